The number of halogens is 2. The molecular formula is C9H8Cl2O2. The molecule has 0 aliphatic heterocycles. The highest BCUT2D eigenvalue weighted by molar-refractivity contribution is 6.63. The minimum absolute atomic E-state index is 0.162. The van der Waals surface area contributed by atoms with Crippen LogP contribution in [0.4, 0.5) is 0 Å². The van der Waals surface area contributed by atoms with Crippen LogP contribution in [-0.4, -0.2) is 11.8 Å². The highest BCUT2D eigenvalue weighted by Crippen LogP contribution is 2.25. The molecule has 0 unspecified atom stereocenters. The van der Waals surface area contributed by atoms with Crippen molar-refractivity contribution in [3.05, 3.63) is 28.8 Å². The summed E-state index contributed by atoms with van der Waals surface area (Å²) in [4.78, 5) is 10.4. The number of benzene rings is 1. The van der Waals surface area contributed by atoms with Crippen LogP contribution in [0.25, 0.3) is 0 Å². The van der Waals surface area contributed by atoms with Gasteiger partial charge < -0.3 is 4.74 Å². The first kappa shape index (κ1) is 10.4. The molecule has 0 amide bonds. The second-order valence-electron chi connectivity index (χ2n) is 2.58. The van der Waals surface area contributed by atoms with Gasteiger partial charge in [0.2, 0.25) is 0 Å². The van der Waals surface area contributed by atoms with Gasteiger partial charge in [-0.2, -0.15) is 0 Å². The Hall–Kier alpha value is -0.730. The third-order valence-corrected chi connectivity index (χ3v) is 1.85. The van der Waals surface area contributed by atoms with Gasteiger partial charge in [0.15, 0.2) is 6.61 Å². The predicted molar refractivity (Wildman–Crippen MR) is 52.5 cm³/mol. The zero-order valence-electron chi connectivity index (χ0n) is 7.01. The first-order valence-corrected chi connectivity index (χ1v) is 4.42. The van der Waals surface area contributed by atoms with Crippen LogP contribution < -0.4 is 4.74 Å². The van der Waals surface area contributed by atoms with Crippen LogP contribution in [0, 0.1) is 6.92 Å². The van der Waals surface area contributed by atoms with E-state index in [9.17, 15) is 4.79 Å². The number of carbonyl (C=O) groups excluding carboxylic acids is 1. The van der Waals surface area contributed by atoms with Crippen molar-refractivity contribution in [2.24, 2.45) is 0 Å². The van der Waals surface area contributed by atoms with Crippen LogP contribution in [-0.2, 0) is 4.79 Å². The van der Waals surface area contributed by atoms with Crippen LogP contribution >= 0.6 is 23.2 Å². The molecule has 1 rings (SSSR count). The maximum absolute atomic E-state index is 10.4. The van der Waals surface area contributed by atoms with E-state index in [1.165, 1.54) is 0 Å². The van der Waals surface area contributed by atoms with Crippen LogP contribution in [0.1, 0.15) is 5.56 Å². The van der Waals surface area contributed by atoms with Gasteiger partial charge >= 0.3 is 0 Å². The lowest BCUT2D eigenvalue weighted by Gasteiger charge is -2.05. The second-order valence-corrected chi connectivity index (χ2v) is 3.41. The van der Waals surface area contributed by atoms with E-state index in [4.69, 9.17) is 27.9 Å². The molecule has 4 heteroatoms. The predicted octanol–water partition coefficient (Wildman–Crippen LogP) is 2.79. The molecule has 0 aliphatic rings. The third kappa shape index (κ3) is 3.25. The lowest BCUT2D eigenvalue weighted by atomic mass is 10.2. The fourth-order valence-corrected chi connectivity index (χ4v) is 1.08. The summed E-state index contributed by atoms with van der Waals surface area (Å²) in [6, 6.07) is 5.32. The summed E-state index contributed by atoms with van der Waals surface area (Å²) >= 11 is 10.9. The largest absolute Gasteiger partial charge is 0.483 e. The highest BCUT2D eigenvalue weighted by atomic mass is 35.5. The average molecular weight is 219 g/mol. The van der Waals surface area contributed by atoms with Gasteiger partial charge in [-0.1, -0.05) is 17.7 Å². The quantitative estimate of drug-likeness (QED) is 0.730. The topological polar surface area (TPSA) is 26.3 Å². The van der Waals surface area contributed by atoms with Crippen molar-refractivity contribution in [2.75, 3.05) is 6.61 Å². The molecule has 0 aromatic heterocycles. The number of hydrogen-bond acceptors (Lipinski definition) is 2. The second kappa shape index (κ2) is 4.49. The van der Waals surface area contributed by atoms with E-state index in [1.807, 2.05) is 13.0 Å². The standard InChI is InChI=1S/C9H8Cl2O2/c1-6-2-3-7(10)8(4-6)13-5-9(11)12/h2-4H,5H2,1H3. The summed E-state index contributed by atoms with van der Waals surface area (Å²) in [5, 5.41) is -0.0684. The van der Waals surface area contributed by atoms with E-state index < -0.39 is 5.24 Å². The van der Waals surface area contributed by atoms with E-state index in [0.717, 1.165) is 5.56 Å². The molecule has 0 fully saturated rings. The van der Waals surface area contributed by atoms with Gasteiger partial charge in [-0.3, -0.25) is 4.79 Å². The van der Waals surface area contributed by atoms with Crippen molar-refractivity contribution in [3.63, 3.8) is 0 Å². The Kier molecular flexibility index (Phi) is 3.58. The molecule has 0 radical (unpaired) electrons. The monoisotopic (exact) mass is 218 g/mol. The summed E-state index contributed by atoms with van der Waals surface area (Å²) in [5.74, 6) is 0.482. The van der Waals surface area contributed by atoms with Crippen molar-refractivity contribution < 1.29 is 9.53 Å². The van der Waals surface area contributed by atoms with Gasteiger partial charge in [-0.25, -0.2) is 0 Å². The molecular weight excluding hydrogens is 211 g/mol. The maximum atomic E-state index is 10.4. The molecule has 1 aromatic carbocycles. The summed E-state index contributed by atoms with van der Waals surface area (Å²) in [6.45, 7) is 1.75. The Morgan fingerprint density at radius 3 is 2.85 bits per heavy atom. The van der Waals surface area contributed by atoms with Crippen LogP contribution in [0.5, 0.6) is 5.75 Å². The van der Waals surface area contributed by atoms with E-state index in [1.54, 1.807) is 12.1 Å². The number of hydrogen-bond donors (Lipinski definition) is 0. The molecule has 0 spiro atoms. The molecule has 0 bridgehead atoms. The molecule has 0 N–H and O–H groups in total. The molecule has 0 aliphatic carbocycles. The Morgan fingerprint density at radius 1 is 1.54 bits per heavy atom. The minimum atomic E-state index is -0.544. The number of aryl methyl sites for hydroxylation is 1. The SMILES string of the molecule is Cc1ccc(Cl)c(OCC(=O)Cl)c1. The van der Waals surface area contributed by atoms with E-state index in [-0.39, 0.29) is 6.61 Å². The average Bonchev–Trinajstić information content (AvgIpc) is 2.06. The molecule has 0 heterocycles. The summed E-state index contributed by atoms with van der Waals surface area (Å²) < 4.78 is 5.07. The molecule has 70 valence electrons. The Morgan fingerprint density at radius 2 is 2.23 bits per heavy atom. The maximum Gasteiger partial charge on any atom is 0.259 e. The fourth-order valence-electron chi connectivity index (χ4n) is 0.856. The molecule has 0 saturated heterocycles. The van der Waals surface area contributed by atoms with Crippen molar-refractivity contribution in [1.29, 1.82) is 0 Å². The number of carbonyl (C=O) groups is 1. The molecule has 0 saturated carbocycles. The normalized spacial score (nSPS) is 9.77. The van der Waals surface area contributed by atoms with Gasteiger partial charge in [0.05, 0.1) is 5.02 Å². The first-order chi connectivity index (χ1) is 6.09. The van der Waals surface area contributed by atoms with Gasteiger partial charge in [-0.05, 0) is 36.2 Å². The van der Waals surface area contributed by atoms with Crippen LogP contribution in [0.3, 0.4) is 0 Å². The molecule has 0 atom stereocenters. The van der Waals surface area contributed by atoms with Crippen molar-refractivity contribution in [1.82, 2.24) is 0 Å². The number of ether oxygens (including phenoxy) is 1. The van der Waals surface area contributed by atoms with Crippen molar-refractivity contribution >= 4 is 28.4 Å². The smallest absolute Gasteiger partial charge is 0.259 e. The number of rotatable bonds is 3. The summed E-state index contributed by atoms with van der Waals surface area (Å²) in [6.07, 6.45) is 0. The van der Waals surface area contributed by atoms with Gasteiger partial charge in [0.25, 0.3) is 5.24 Å². The zero-order chi connectivity index (χ0) is 9.84. The van der Waals surface area contributed by atoms with E-state index in [0.29, 0.717) is 10.8 Å². The lowest BCUT2D eigenvalue weighted by molar-refractivity contribution is -0.113. The lowest BCUT2D eigenvalue weighted by Crippen LogP contribution is -2.04. The van der Waals surface area contributed by atoms with Gasteiger partial charge in [-0.15, -0.1) is 0 Å². The van der Waals surface area contributed by atoms with E-state index >= 15 is 0 Å². The van der Waals surface area contributed by atoms with Gasteiger partial charge in [0, 0.05) is 0 Å². The minimum Gasteiger partial charge on any atom is -0.483 e. The summed E-state index contributed by atoms with van der Waals surface area (Å²) in [5.41, 5.74) is 1.02. The zero-order valence-corrected chi connectivity index (χ0v) is 8.52. The highest BCUT2D eigenvalue weighted by Gasteiger charge is 2.03. The van der Waals surface area contributed by atoms with Crippen molar-refractivity contribution in [3.8, 4) is 5.75 Å². The van der Waals surface area contributed by atoms with Crippen LogP contribution in [0.15, 0.2) is 18.2 Å². The van der Waals surface area contributed by atoms with Crippen LogP contribution in [0.2, 0.25) is 5.02 Å². The summed E-state index contributed by atoms with van der Waals surface area (Å²) in [7, 11) is 0. The first-order valence-electron chi connectivity index (χ1n) is 3.67. The molecule has 2 nitrogen and oxygen atoms in total. The fraction of sp³-hybridized carbons (Fsp3) is 0.222. The Bertz CT molecular complexity index is 323. The molecule has 13 heavy (non-hydrogen) atoms. The third-order valence-electron chi connectivity index (χ3n) is 1.43. The Labute approximate surface area is 86.4 Å². The van der Waals surface area contributed by atoms with E-state index in [2.05, 4.69) is 0 Å². The van der Waals surface area contributed by atoms with Crippen molar-refractivity contribution in [2.45, 2.75) is 6.92 Å². The Balaban J connectivity index is 2.75. The van der Waals surface area contributed by atoms with Gasteiger partial charge in [0.1, 0.15) is 5.75 Å². The molecule has 1 aromatic rings.